The van der Waals surface area contributed by atoms with Gasteiger partial charge in [-0.25, -0.2) is 0 Å². The van der Waals surface area contributed by atoms with Crippen LogP contribution in [0.4, 0.5) is 0 Å². The van der Waals surface area contributed by atoms with E-state index < -0.39 is 0 Å². The van der Waals surface area contributed by atoms with Gasteiger partial charge in [0.25, 0.3) is 11.5 Å². The summed E-state index contributed by atoms with van der Waals surface area (Å²) in [6.07, 6.45) is 0. The van der Waals surface area contributed by atoms with Crippen molar-refractivity contribution in [2.75, 3.05) is 7.11 Å². The van der Waals surface area contributed by atoms with Crippen LogP contribution >= 0.6 is 23.8 Å². The van der Waals surface area contributed by atoms with Crippen LogP contribution in [0.5, 0.6) is 5.75 Å². The third-order valence-electron chi connectivity index (χ3n) is 5.09. The average molecular weight is 466 g/mol. The lowest BCUT2D eigenvalue weighted by atomic mass is 10.1. The van der Waals surface area contributed by atoms with E-state index in [9.17, 15) is 9.59 Å². The number of halogens is 1. The molecule has 1 aromatic heterocycles. The first kappa shape index (κ1) is 21.8. The number of carbonyl (C=O) groups excluding carboxylic acids is 1. The van der Waals surface area contributed by atoms with Crippen molar-refractivity contribution >= 4 is 40.6 Å². The van der Waals surface area contributed by atoms with Crippen molar-refractivity contribution in [1.82, 2.24) is 14.9 Å². The fraction of sp³-hybridized carbons (Fsp3) is 0.125. The number of rotatable bonds is 6. The molecule has 0 aliphatic carbocycles. The number of amides is 1. The number of aromatic amines is 1. The molecular formula is C24H20ClN3O3S. The highest BCUT2D eigenvalue weighted by molar-refractivity contribution is 7.71. The molecule has 4 aromatic rings. The maximum absolute atomic E-state index is 13.0. The van der Waals surface area contributed by atoms with Crippen molar-refractivity contribution in [1.29, 1.82) is 0 Å². The van der Waals surface area contributed by atoms with Gasteiger partial charge >= 0.3 is 0 Å². The molecule has 0 aliphatic heterocycles. The molecule has 0 bridgehead atoms. The first-order valence-electron chi connectivity index (χ1n) is 9.87. The van der Waals surface area contributed by atoms with Crippen LogP contribution in [0.3, 0.4) is 0 Å². The number of carbonyl (C=O) groups is 1. The highest BCUT2D eigenvalue weighted by Crippen LogP contribution is 2.15. The number of aromatic nitrogens is 2. The number of H-pyrrole nitrogens is 1. The highest BCUT2D eigenvalue weighted by atomic mass is 35.5. The monoisotopic (exact) mass is 465 g/mol. The van der Waals surface area contributed by atoms with Gasteiger partial charge in [-0.1, -0.05) is 35.9 Å². The van der Waals surface area contributed by atoms with Gasteiger partial charge in [-0.2, -0.15) is 0 Å². The van der Waals surface area contributed by atoms with Gasteiger partial charge in [0.1, 0.15) is 5.75 Å². The van der Waals surface area contributed by atoms with Crippen LogP contribution in [0.15, 0.2) is 71.5 Å². The average Bonchev–Trinajstić information content (AvgIpc) is 2.80. The molecule has 0 saturated carbocycles. The minimum atomic E-state index is -0.256. The summed E-state index contributed by atoms with van der Waals surface area (Å²) in [7, 11) is 1.60. The molecule has 1 amide bonds. The Hall–Kier alpha value is -3.42. The van der Waals surface area contributed by atoms with E-state index in [0.717, 1.165) is 16.9 Å². The van der Waals surface area contributed by atoms with E-state index in [1.165, 1.54) is 4.57 Å². The maximum Gasteiger partial charge on any atom is 0.262 e. The zero-order valence-electron chi connectivity index (χ0n) is 17.2. The predicted molar refractivity (Wildman–Crippen MR) is 128 cm³/mol. The van der Waals surface area contributed by atoms with E-state index in [1.807, 2.05) is 36.4 Å². The Morgan fingerprint density at radius 3 is 2.59 bits per heavy atom. The quantitative estimate of drug-likeness (QED) is 0.405. The number of nitrogens with zero attached hydrogens (tertiary/aromatic N) is 1. The number of fused-ring (bicyclic) bond motifs is 1. The molecule has 4 rings (SSSR count). The summed E-state index contributed by atoms with van der Waals surface area (Å²) >= 11 is 11.4. The minimum absolute atomic E-state index is 0.217. The SMILES string of the molecule is COc1ccc(Cn2c(=S)[nH]c3cc(C(=O)NCc4cccc(Cl)c4)ccc3c2=O)cc1. The van der Waals surface area contributed by atoms with Gasteiger partial charge in [-0.05, 0) is 65.8 Å². The second kappa shape index (κ2) is 9.38. The molecule has 3 aromatic carbocycles. The molecule has 0 radical (unpaired) electrons. The van der Waals surface area contributed by atoms with Crippen molar-refractivity contribution in [2.24, 2.45) is 0 Å². The van der Waals surface area contributed by atoms with Crippen LogP contribution in [0.1, 0.15) is 21.5 Å². The van der Waals surface area contributed by atoms with Gasteiger partial charge in [0.05, 0.1) is 24.6 Å². The lowest BCUT2D eigenvalue weighted by Crippen LogP contribution is -2.24. The molecule has 0 spiro atoms. The second-order valence-corrected chi connectivity index (χ2v) is 8.07. The van der Waals surface area contributed by atoms with Gasteiger partial charge in [0.15, 0.2) is 4.77 Å². The largest absolute Gasteiger partial charge is 0.497 e. The number of hydrogen-bond donors (Lipinski definition) is 2. The smallest absolute Gasteiger partial charge is 0.262 e. The summed E-state index contributed by atoms with van der Waals surface area (Å²) in [5, 5.41) is 3.93. The van der Waals surface area contributed by atoms with Crippen molar-refractivity contribution < 1.29 is 9.53 Å². The number of ether oxygens (including phenoxy) is 1. The molecule has 2 N–H and O–H groups in total. The summed E-state index contributed by atoms with van der Waals surface area (Å²) in [5.74, 6) is 0.486. The highest BCUT2D eigenvalue weighted by Gasteiger charge is 2.11. The van der Waals surface area contributed by atoms with E-state index in [0.29, 0.717) is 34.6 Å². The van der Waals surface area contributed by atoms with Crippen molar-refractivity contribution in [2.45, 2.75) is 13.1 Å². The first-order valence-corrected chi connectivity index (χ1v) is 10.7. The summed E-state index contributed by atoms with van der Waals surface area (Å²) in [6.45, 7) is 0.673. The van der Waals surface area contributed by atoms with Crippen molar-refractivity contribution in [3.63, 3.8) is 0 Å². The molecule has 0 saturated heterocycles. The Balaban J connectivity index is 1.58. The molecule has 32 heavy (non-hydrogen) atoms. The van der Waals surface area contributed by atoms with E-state index in [1.54, 1.807) is 37.4 Å². The Labute approximate surface area is 194 Å². The summed E-state index contributed by atoms with van der Waals surface area (Å²) in [6, 6.07) is 19.6. The van der Waals surface area contributed by atoms with Gasteiger partial charge < -0.3 is 15.0 Å². The van der Waals surface area contributed by atoms with Crippen LogP contribution in [0.25, 0.3) is 10.9 Å². The maximum atomic E-state index is 13.0. The van der Waals surface area contributed by atoms with E-state index >= 15 is 0 Å². The number of nitrogens with one attached hydrogen (secondary N) is 2. The number of methoxy groups -OCH3 is 1. The van der Waals surface area contributed by atoms with E-state index in [2.05, 4.69) is 10.3 Å². The van der Waals surface area contributed by atoms with Crippen LogP contribution in [-0.4, -0.2) is 22.6 Å². The van der Waals surface area contributed by atoms with E-state index in [-0.39, 0.29) is 16.2 Å². The standard InChI is InChI=1S/C24H20ClN3O3S/c1-31-19-8-5-15(6-9-19)14-28-23(30)20-10-7-17(12-21(20)27-24(28)32)22(29)26-13-16-3-2-4-18(25)11-16/h2-12H,13-14H2,1H3,(H,26,29)(H,27,32). The first-order chi connectivity index (χ1) is 15.4. The Kier molecular flexibility index (Phi) is 6.39. The lowest BCUT2D eigenvalue weighted by Gasteiger charge is -2.10. The molecule has 0 aliphatic rings. The zero-order chi connectivity index (χ0) is 22.7. The Bertz CT molecular complexity index is 1410. The number of benzene rings is 3. The zero-order valence-corrected chi connectivity index (χ0v) is 18.8. The van der Waals surface area contributed by atoms with Gasteiger partial charge in [-0.15, -0.1) is 0 Å². The normalized spacial score (nSPS) is 10.8. The van der Waals surface area contributed by atoms with E-state index in [4.69, 9.17) is 28.6 Å². The molecular weight excluding hydrogens is 446 g/mol. The summed E-state index contributed by atoms with van der Waals surface area (Å²) in [4.78, 5) is 28.7. The second-order valence-electron chi connectivity index (χ2n) is 7.24. The van der Waals surface area contributed by atoms with Crippen LogP contribution < -0.4 is 15.6 Å². The Morgan fingerprint density at radius 2 is 1.88 bits per heavy atom. The molecule has 1 heterocycles. The Morgan fingerprint density at radius 1 is 1.09 bits per heavy atom. The predicted octanol–water partition coefficient (Wildman–Crippen LogP) is 4.70. The topological polar surface area (TPSA) is 76.1 Å². The van der Waals surface area contributed by atoms with Crippen molar-refractivity contribution in [3.05, 3.63) is 104 Å². The van der Waals surface area contributed by atoms with Crippen LogP contribution in [-0.2, 0) is 13.1 Å². The molecule has 0 atom stereocenters. The molecule has 6 nitrogen and oxygen atoms in total. The molecule has 8 heteroatoms. The molecule has 0 unspecified atom stereocenters. The van der Waals surface area contributed by atoms with Gasteiger partial charge in [-0.3, -0.25) is 14.2 Å². The molecule has 0 fully saturated rings. The summed E-state index contributed by atoms with van der Waals surface area (Å²) < 4.78 is 6.95. The lowest BCUT2D eigenvalue weighted by molar-refractivity contribution is 0.0951. The molecule has 162 valence electrons. The summed E-state index contributed by atoms with van der Waals surface area (Å²) in [5.41, 5.74) is 2.54. The van der Waals surface area contributed by atoms with Crippen molar-refractivity contribution in [3.8, 4) is 5.75 Å². The third kappa shape index (κ3) is 4.74. The third-order valence-corrected chi connectivity index (χ3v) is 5.64. The fourth-order valence-corrected chi connectivity index (χ4v) is 3.85. The van der Waals surface area contributed by atoms with Crippen LogP contribution in [0.2, 0.25) is 5.02 Å². The van der Waals surface area contributed by atoms with Crippen LogP contribution in [0, 0.1) is 4.77 Å². The fourth-order valence-electron chi connectivity index (χ4n) is 3.38. The van der Waals surface area contributed by atoms with Gasteiger partial charge in [0, 0.05) is 17.1 Å². The van der Waals surface area contributed by atoms with Gasteiger partial charge in [0.2, 0.25) is 0 Å². The minimum Gasteiger partial charge on any atom is -0.497 e. The number of hydrogen-bond acceptors (Lipinski definition) is 4.